The van der Waals surface area contributed by atoms with Crippen LogP contribution in [0.5, 0.6) is 0 Å². The molecular formula is C21H20Cl2N4O2. The molecule has 1 heterocycles. The molecule has 1 aromatic heterocycles. The number of benzene rings is 2. The van der Waals surface area contributed by atoms with Crippen LogP contribution in [0, 0.1) is 13.8 Å². The normalized spacial score (nSPS) is 10.6. The number of anilines is 2. The molecule has 8 heteroatoms. The van der Waals surface area contributed by atoms with Crippen molar-refractivity contribution in [2.45, 2.75) is 26.8 Å². The van der Waals surface area contributed by atoms with E-state index in [1.54, 1.807) is 53.3 Å². The number of aromatic nitrogens is 2. The van der Waals surface area contributed by atoms with Gasteiger partial charge in [0.25, 0.3) is 5.91 Å². The minimum Gasteiger partial charge on any atom is -0.326 e. The first-order chi connectivity index (χ1) is 13.8. The zero-order chi connectivity index (χ0) is 21.0. The quantitative estimate of drug-likeness (QED) is 0.571. The fraction of sp³-hybridized carbons (Fsp3) is 0.190. The summed E-state index contributed by atoms with van der Waals surface area (Å²) in [5.41, 5.74) is 3.18. The molecule has 0 atom stereocenters. The molecule has 0 fully saturated rings. The van der Waals surface area contributed by atoms with E-state index in [9.17, 15) is 9.59 Å². The number of carbonyl (C=O) groups excluding carboxylic acids is 2. The molecule has 0 aliphatic carbocycles. The van der Waals surface area contributed by atoms with Gasteiger partial charge in [-0.25, -0.2) is 0 Å². The molecule has 3 rings (SSSR count). The number of hydrogen-bond acceptors (Lipinski definition) is 3. The Kier molecular flexibility index (Phi) is 6.56. The van der Waals surface area contributed by atoms with Gasteiger partial charge in [-0.05, 0) is 55.3 Å². The van der Waals surface area contributed by atoms with Gasteiger partial charge in [0, 0.05) is 40.6 Å². The first kappa shape index (κ1) is 20.9. The van der Waals surface area contributed by atoms with Crippen molar-refractivity contribution in [1.82, 2.24) is 9.78 Å². The van der Waals surface area contributed by atoms with Crippen LogP contribution in [0.3, 0.4) is 0 Å². The standard InChI is InChI=1S/C21H20Cl2N4O2/c1-13-15(22)5-3-7-17(13)24-20(28)10-12-27-11-9-19(26-27)21(29)25-18-8-4-6-16(23)14(18)2/h3-9,11H,10,12H2,1-2H3,(H,24,28)(H,25,29). The van der Waals surface area contributed by atoms with Crippen LogP contribution in [0.25, 0.3) is 0 Å². The molecule has 2 amide bonds. The van der Waals surface area contributed by atoms with Gasteiger partial charge in [-0.1, -0.05) is 35.3 Å². The van der Waals surface area contributed by atoms with Crippen LogP contribution < -0.4 is 10.6 Å². The Morgan fingerprint density at radius 1 is 0.931 bits per heavy atom. The number of carbonyl (C=O) groups is 2. The molecule has 0 spiro atoms. The summed E-state index contributed by atoms with van der Waals surface area (Å²) < 4.78 is 1.56. The predicted molar refractivity (Wildman–Crippen MR) is 116 cm³/mol. The number of aryl methyl sites for hydroxylation is 1. The van der Waals surface area contributed by atoms with E-state index in [1.165, 1.54) is 0 Å². The van der Waals surface area contributed by atoms with E-state index in [4.69, 9.17) is 23.2 Å². The molecule has 0 unspecified atom stereocenters. The fourth-order valence-electron chi connectivity index (χ4n) is 2.71. The molecule has 0 saturated heterocycles. The average molecular weight is 431 g/mol. The maximum atomic E-state index is 12.4. The number of nitrogens with zero attached hydrogens (tertiary/aromatic N) is 2. The number of nitrogens with one attached hydrogen (secondary N) is 2. The Hall–Kier alpha value is -2.83. The molecule has 0 aliphatic heterocycles. The van der Waals surface area contributed by atoms with E-state index < -0.39 is 0 Å². The highest BCUT2D eigenvalue weighted by Gasteiger charge is 2.13. The van der Waals surface area contributed by atoms with Gasteiger partial charge in [0.05, 0.1) is 0 Å². The second-order valence-corrected chi connectivity index (χ2v) is 7.36. The van der Waals surface area contributed by atoms with Crippen molar-refractivity contribution < 1.29 is 9.59 Å². The van der Waals surface area contributed by atoms with Gasteiger partial charge in [-0.3, -0.25) is 14.3 Å². The maximum absolute atomic E-state index is 12.4. The van der Waals surface area contributed by atoms with Crippen molar-refractivity contribution in [3.63, 3.8) is 0 Å². The first-order valence-corrected chi connectivity index (χ1v) is 9.75. The van der Waals surface area contributed by atoms with E-state index >= 15 is 0 Å². The molecule has 0 saturated carbocycles. The van der Waals surface area contributed by atoms with Gasteiger partial charge in [0.2, 0.25) is 5.91 Å². The molecule has 0 radical (unpaired) electrons. The zero-order valence-electron chi connectivity index (χ0n) is 16.0. The topological polar surface area (TPSA) is 76.0 Å². The smallest absolute Gasteiger partial charge is 0.276 e. The summed E-state index contributed by atoms with van der Waals surface area (Å²) in [6, 6.07) is 12.3. The fourth-order valence-corrected chi connectivity index (χ4v) is 3.06. The Balaban J connectivity index is 1.57. The van der Waals surface area contributed by atoms with Crippen molar-refractivity contribution >= 4 is 46.4 Å². The highest BCUT2D eigenvalue weighted by Crippen LogP contribution is 2.24. The highest BCUT2D eigenvalue weighted by molar-refractivity contribution is 6.32. The van der Waals surface area contributed by atoms with E-state index in [-0.39, 0.29) is 23.9 Å². The number of halogens is 2. The minimum atomic E-state index is -0.340. The molecule has 2 aromatic carbocycles. The third-order valence-corrected chi connectivity index (χ3v) is 5.32. The molecular weight excluding hydrogens is 411 g/mol. The van der Waals surface area contributed by atoms with Gasteiger partial charge in [-0.15, -0.1) is 0 Å². The van der Waals surface area contributed by atoms with Gasteiger partial charge in [0.15, 0.2) is 5.69 Å². The van der Waals surface area contributed by atoms with Crippen molar-refractivity contribution in [3.05, 3.63) is 75.5 Å². The van der Waals surface area contributed by atoms with Crippen molar-refractivity contribution in [2.24, 2.45) is 0 Å². The molecule has 29 heavy (non-hydrogen) atoms. The average Bonchev–Trinajstić information content (AvgIpc) is 3.17. The molecule has 2 N–H and O–H groups in total. The van der Waals surface area contributed by atoms with Crippen LogP contribution in [0.15, 0.2) is 48.7 Å². The Morgan fingerprint density at radius 2 is 1.52 bits per heavy atom. The van der Waals surface area contributed by atoms with Crippen LogP contribution in [0.4, 0.5) is 11.4 Å². The predicted octanol–water partition coefficient (Wildman–Crippen LogP) is 5.09. The summed E-state index contributed by atoms with van der Waals surface area (Å²) in [6.07, 6.45) is 1.87. The Morgan fingerprint density at radius 3 is 2.14 bits per heavy atom. The summed E-state index contributed by atoms with van der Waals surface area (Å²) in [4.78, 5) is 24.6. The lowest BCUT2D eigenvalue weighted by Gasteiger charge is -2.09. The van der Waals surface area contributed by atoms with E-state index in [0.717, 1.165) is 11.1 Å². The highest BCUT2D eigenvalue weighted by atomic mass is 35.5. The first-order valence-electron chi connectivity index (χ1n) is 9.00. The van der Waals surface area contributed by atoms with Crippen LogP contribution in [0.1, 0.15) is 28.0 Å². The molecule has 6 nitrogen and oxygen atoms in total. The largest absolute Gasteiger partial charge is 0.326 e. The number of amides is 2. The Labute approximate surface area is 178 Å². The second kappa shape index (κ2) is 9.11. The second-order valence-electron chi connectivity index (χ2n) is 6.54. The maximum Gasteiger partial charge on any atom is 0.276 e. The summed E-state index contributed by atoms with van der Waals surface area (Å²) in [6.45, 7) is 4.02. The van der Waals surface area contributed by atoms with Gasteiger partial charge in [-0.2, -0.15) is 5.10 Å². The molecule has 0 bridgehead atoms. The zero-order valence-corrected chi connectivity index (χ0v) is 17.5. The lowest BCUT2D eigenvalue weighted by Crippen LogP contribution is -2.17. The third-order valence-electron chi connectivity index (χ3n) is 4.50. The minimum absolute atomic E-state index is 0.161. The van der Waals surface area contributed by atoms with Crippen LogP contribution in [-0.4, -0.2) is 21.6 Å². The third kappa shape index (κ3) is 5.16. The van der Waals surface area contributed by atoms with E-state index in [1.807, 2.05) is 13.8 Å². The monoisotopic (exact) mass is 430 g/mol. The lowest BCUT2D eigenvalue weighted by atomic mass is 10.2. The SMILES string of the molecule is Cc1c(Cl)cccc1NC(=O)CCn1ccc(C(=O)Nc2cccc(Cl)c2C)n1. The van der Waals surface area contributed by atoms with Gasteiger partial charge in [0.1, 0.15) is 0 Å². The Bertz CT molecular complexity index is 1060. The molecule has 150 valence electrons. The summed E-state index contributed by atoms with van der Waals surface area (Å²) in [5, 5.41) is 11.1. The van der Waals surface area contributed by atoms with Crippen LogP contribution in [0.2, 0.25) is 10.0 Å². The van der Waals surface area contributed by atoms with Crippen LogP contribution >= 0.6 is 23.2 Å². The summed E-state index contributed by atoms with van der Waals surface area (Å²) in [7, 11) is 0. The number of hydrogen-bond donors (Lipinski definition) is 2. The van der Waals surface area contributed by atoms with Crippen molar-refractivity contribution in [2.75, 3.05) is 10.6 Å². The molecule has 3 aromatic rings. The molecule has 0 aliphatic rings. The van der Waals surface area contributed by atoms with Crippen LogP contribution in [-0.2, 0) is 11.3 Å². The van der Waals surface area contributed by atoms with Crippen molar-refractivity contribution in [3.8, 4) is 0 Å². The lowest BCUT2D eigenvalue weighted by molar-refractivity contribution is -0.116. The summed E-state index contributed by atoms with van der Waals surface area (Å²) in [5.74, 6) is -0.500. The van der Waals surface area contributed by atoms with Gasteiger partial charge < -0.3 is 10.6 Å². The van der Waals surface area contributed by atoms with E-state index in [2.05, 4.69) is 15.7 Å². The van der Waals surface area contributed by atoms with Crippen molar-refractivity contribution in [1.29, 1.82) is 0 Å². The van der Waals surface area contributed by atoms with E-state index in [0.29, 0.717) is 28.0 Å². The number of rotatable bonds is 6. The summed E-state index contributed by atoms with van der Waals surface area (Å²) >= 11 is 12.1. The van der Waals surface area contributed by atoms with Gasteiger partial charge >= 0.3 is 0 Å².